The lowest BCUT2D eigenvalue weighted by molar-refractivity contribution is 0.546. The molecular weight excluding hydrogens is 188 g/mol. The summed E-state index contributed by atoms with van der Waals surface area (Å²) in [5.74, 6) is 2.69. The Hall–Kier alpha value is -1.32. The summed E-state index contributed by atoms with van der Waals surface area (Å²) < 4.78 is 0. The number of hydrogen-bond donors (Lipinski definition) is 1. The van der Waals surface area contributed by atoms with Gasteiger partial charge in [-0.15, -0.1) is 0 Å². The summed E-state index contributed by atoms with van der Waals surface area (Å²) in [5.41, 5.74) is 0. The SMILES string of the molecule is CNc1ccnc(N2CC3CCC2C3)n1. The van der Waals surface area contributed by atoms with E-state index in [-0.39, 0.29) is 0 Å². The van der Waals surface area contributed by atoms with Gasteiger partial charge in [0, 0.05) is 25.8 Å². The van der Waals surface area contributed by atoms with Crippen LogP contribution in [0.15, 0.2) is 12.3 Å². The fourth-order valence-corrected chi connectivity index (χ4v) is 2.80. The molecule has 4 nitrogen and oxygen atoms in total. The van der Waals surface area contributed by atoms with Gasteiger partial charge in [0.2, 0.25) is 5.95 Å². The second-order valence-electron chi connectivity index (χ2n) is 4.48. The van der Waals surface area contributed by atoms with Crippen molar-refractivity contribution < 1.29 is 0 Å². The minimum Gasteiger partial charge on any atom is -0.373 e. The first-order valence-electron chi connectivity index (χ1n) is 5.64. The average Bonchev–Trinajstić information content (AvgIpc) is 2.91. The van der Waals surface area contributed by atoms with Crippen LogP contribution in [0, 0.1) is 5.92 Å². The van der Waals surface area contributed by atoms with Crippen molar-refractivity contribution in [1.29, 1.82) is 0 Å². The number of rotatable bonds is 2. The molecule has 1 aromatic heterocycles. The Morgan fingerprint density at radius 3 is 3.07 bits per heavy atom. The summed E-state index contributed by atoms with van der Waals surface area (Å²) >= 11 is 0. The Bertz CT molecular complexity index is 365. The van der Waals surface area contributed by atoms with E-state index in [0.29, 0.717) is 6.04 Å². The van der Waals surface area contributed by atoms with Crippen LogP contribution in [0.3, 0.4) is 0 Å². The van der Waals surface area contributed by atoms with Crippen molar-refractivity contribution in [3.63, 3.8) is 0 Å². The van der Waals surface area contributed by atoms with E-state index >= 15 is 0 Å². The summed E-state index contributed by atoms with van der Waals surface area (Å²) in [6.45, 7) is 1.15. The standard InChI is InChI=1S/C11H16N4/c1-12-10-4-5-13-11(14-10)15-7-8-2-3-9(15)6-8/h4-5,8-9H,2-3,6-7H2,1H3,(H,12,13,14). The number of nitrogens with one attached hydrogen (secondary N) is 1. The van der Waals surface area contributed by atoms with Crippen LogP contribution in [-0.2, 0) is 0 Å². The van der Waals surface area contributed by atoms with E-state index in [9.17, 15) is 0 Å². The fourth-order valence-electron chi connectivity index (χ4n) is 2.80. The molecule has 1 saturated carbocycles. The molecule has 3 rings (SSSR count). The predicted molar refractivity (Wildman–Crippen MR) is 60.1 cm³/mol. The van der Waals surface area contributed by atoms with Gasteiger partial charge in [0.15, 0.2) is 0 Å². The van der Waals surface area contributed by atoms with Gasteiger partial charge in [-0.1, -0.05) is 0 Å². The topological polar surface area (TPSA) is 41.1 Å². The first-order valence-corrected chi connectivity index (χ1v) is 5.64. The largest absolute Gasteiger partial charge is 0.373 e. The highest BCUT2D eigenvalue weighted by Crippen LogP contribution is 2.38. The molecule has 0 amide bonds. The molecule has 2 atom stereocenters. The smallest absolute Gasteiger partial charge is 0.227 e. The average molecular weight is 204 g/mol. The Balaban J connectivity index is 1.86. The maximum atomic E-state index is 4.50. The molecule has 2 bridgehead atoms. The van der Waals surface area contributed by atoms with Gasteiger partial charge in [0.1, 0.15) is 5.82 Å². The summed E-state index contributed by atoms with van der Waals surface area (Å²) in [6.07, 6.45) is 5.89. The number of anilines is 2. The molecule has 1 aliphatic heterocycles. The Kier molecular flexibility index (Phi) is 2.01. The van der Waals surface area contributed by atoms with Crippen LogP contribution in [0.25, 0.3) is 0 Å². The summed E-state index contributed by atoms with van der Waals surface area (Å²) in [5, 5.41) is 3.06. The molecule has 2 heterocycles. The molecule has 15 heavy (non-hydrogen) atoms. The molecule has 2 aliphatic rings. The van der Waals surface area contributed by atoms with Gasteiger partial charge in [0.25, 0.3) is 0 Å². The van der Waals surface area contributed by atoms with Crippen LogP contribution in [0.1, 0.15) is 19.3 Å². The predicted octanol–water partition coefficient (Wildman–Crippen LogP) is 1.51. The summed E-state index contributed by atoms with van der Waals surface area (Å²) in [7, 11) is 1.89. The lowest BCUT2D eigenvalue weighted by Crippen LogP contribution is -2.33. The van der Waals surface area contributed by atoms with Crippen LogP contribution in [0.5, 0.6) is 0 Å². The van der Waals surface area contributed by atoms with Gasteiger partial charge in [-0.2, -0.15) is 4.98 Å². The van der Waals surface area contributed by atoms with Crippen LogP contribution >= 0.6 is 0 Å². The molecule has 0 aromatic carbocycles. The molecule has 80 valence electrons. The number of hydrogen-bond acceptors (Lipinski definition) is 4. The van der Waals surface area contributed by atoms with Crippen molar-refractivity contribution in [1.82, 2.24) is 9.97 Å². The van der Waals surface area contributed by atoms with E-state index in [0.717, 1.165) is 24.2 Å². The molecule has 0 spiro atoms. The lowest BCUT2D eigenvalue weighted by Gasteiger charge is -2.26. The molecule has 1 aliphatic carbocycles. The number of nitrogens with zero attached hydrogens (tertiary/aromatic N) is 3. The Morgan fingerprint density at radius 1 is 1.47 bits per heavy atom. The van der Waals surface area contributed by atoms with Crippen molar-refractivity contribution in [2.75, 3.05) is 23.8 Å². The van der Waals surface area contributed by atoms with Crippen LogP contribution in [0.4, 0.5) is 11.8 Å². The van der Waals surface area contributed by atoms with Gasteiger partial charge in [0.05, 0.1) is 0 Å². The van der Waals surface area contributed by atoms with Crippen molar-refractivity contribution in [3.05, 3.63) is 12.3 Å². The Labute approximate surface area is 89.7 Å². The zero-order chi connectivity index (χ0) is 10.3. The highest BCUT2D eigenvalue weighted by Gasteiger charge is 2.38. The van der Waals surface area contributed by atoms with E-state index in [4.69, 9.17) is 0 Å². The van der Waals surface area contributed by atoms with E-state index < -0.39 is 0 Å². The maximum absolute atomic E-state index is 4.50. The Morgan fingerprint density at radius 2 is 2.40 bits per heavy atom. The van der Waals surface area contributed by atoms with Crippen LogP contribution in [-0.4, -0.2) is 29.6 Å². The van der Waals surface area contributed by atoms with E-state index in [1.165, 1.54) is 19.3 Å². The van der Waals surface area contributed by atoms with Crippen LogP contribution in [0.2, 0.25) is 0 Å². The third-order valence-electron chi connectivity index (χ3n) is 3.57. The summed E-state index contributed by atoms with van der Waals surface area (Å²) in [4.78, 5) is 11.2. The van der Waals surface area contributed by atoms with E-state index in [1.807, 2.05) is 19.3 Å². The van der Waals surface area contributed by atoms with Gasteiger partial charge < -0.3 is 10.2 Å². The lowest BCUT2D eigenvalue weighted by atomic mass is 10.1. The number of fused-ring (bicyclic) bond motifs is 2. The molecule has 4 heteroatoms. The third-order valence-corrected chi connectivity index (χ3v) is 3.57. The molecule has 1 aromatic rings. The fraction of sp³-hybridized carbons (Fsp3) is 0.636. The first kappa shape index (κ1) is 8.95. The highest BCUT2D eigenvalue weighted by molar-refractivity contribution is 5.43. The number of piperidine rings is 1. The van der Waals surface area contributed by atoms with E-state index in [2.05, 4.69) is 20.2 Å². The second-order valence-corrected chi connectivity index (χ2v) is 4.48. The molecule has 2 unspecified atom stereocenters. The van der Waals surface area contributed by atoms with Crippen molar-refractivity contribution in [2.24, 2.45) is 5.92 Å². The zero-order valence-corrected chi connectivity index (χ0v) is 8.98. The molecular formula is C11H16N4. The van der Waals surface area contributed by atoms with E-state index in [1.54, 1.807) is 0 Å². The molecule has 2 fully saturated rings. The first-order chi connectivity index (χ1) is 7.36. The number of aromatic nitrogens is 2. The quantitative estimate of drug-likeness (QED) is 0.792. The monoisotopic (exact) mass is 204 g/mol. The van der Waals surface area contributed by atoms with Crippen molar-refractivity contribution in [2.45, 2.75) is 25.3 Å². The van der Waals surface area contributed by atoms with Crippen molar-refractivity contribution >= 4 is 11.8 Å². The zero-order valence-electron chi connectivity index (χ0n) is 8.98. The second kappa shape index (κ2) is 3.36. The highest BCUT2D eigenvalue weighted by atomic mass is 15.3. The maximum Gasteiger partial charge on any atom is 0.227 e. The minimum absolute atomic E-state index is 0.696. The minimum atomic E-state index is 0.696. The molecule has 1 N–H and O–H groups in total. The molecule has 0 radical (unpaired) electrons. The summed E-state index contributed by atoms with van der Waals surface area (Å²) in [6, 6.07) is 2.60. The normalized spacial score (nSPS) is 28.5. The van der Waals surface area contributed by atoms with Crippen LogP contribution < -0.4 is 10.2 Å². The molecule has 1 saturated heterocycles. The van der Waals surface area contributed by atoms with Gasteiger partial charge in [-0.3, -0.25) is 0 Å². The third kappa shape index (κ3) is 1.44. The van der Waals surface area contributed by atoms with Gasteiger partial charge in [-0.05, 0) is 31.2 Å². The van der Waals surface area contributed by atoms with Gasteiger partial charge >= 0.3 is 0 Å². The van der Waals surface area contributed by atoms with Crippen molar-refractivity contribution in [3.8, 4) is 0 Å². The van der Waals surface area contributed by atoms with Gasteiger partial charge in [-0.25, -0.2) is 4.98 Å².